The Hall–Kier alpha value is -0.820. The molecule has 0 radical (unpaired) electrons. The average Bonchev–Trinajstić information content (AvgIpc) is 2.97. The maximum Gasteiger partial charge on any atom is 0.159 e. The molecule has 1 fully saturated rings. The number of halogens is 1. The molecule has 1 unspecified atom stereocenters. The Balaban J connectivity index is 2.26. The third-order valence-corrected chi connectivity index (χ3v) is 4.11. The number of hydrogen-bond donors (Lipinski definition) is 1. The van der Waals surface area contributed by atoms with E-state index in [1.54, 1.807) is 14.2 Å². The van der Waals surface area contributed by atoms with Gasteiger partial charge in [0.05, 0.1) is 27.4 Å². The average molecular weight is 346 g/mol. The van der Waals surface area contributed by atoms with Crippen molar-refractivity contribution in [2.75, 3.05) is 34.5 Å². The second-order valence-electron chi connectivity index (χ2n) is 4.45. The monoisotopic (exact) mass is 345 g/mol. The molecule has 1 aromatic rings. The van der Waals surface area contributed by atoms with Gasteiger partial charge in [-0.3, -0.25) is 0 Å². The number of hydrogen-bond acceptors (Lipinski definition) is 5. The first-order valence-corrected chi connectivity index (χ1v) is 7.31. The van der Waals surface area contributed by atoms with Crippen molar-refractivity contribution in [2.24, 2.45) is 0 Å². The molecule has 1 aliphatic heterocycles. The zero-order valence-corrected chi connectivity index (χ0v) is 13.5. The first kappa shape index (κ1) is 15.6. The van der Waals surface area contributed by atoms with Crippen LogP contribution >= 0.6 is 15.9 Å². The minimum absolute atomic E-state index is 0.0789. The van der Waals surface area contributed by atoms with E-state index in [-0.39, 0.29) is 12.3 Å². The topological polar surface area (TPSA) is 49.0 Å². The molecule has 0 aliphatic carbocycles. The smallest absolute Gasteiger partial charge is 0.159 e. The maximum absolute atomic E-state index is 5.52. The second kappa shape index (κ2) is 7.26. The van der Waals surface area contributed by atoms with Crippen LogP contribution in [0, 0.1) is 0 Å². The van der Waals surface area contributed by atoms with E-state index in [2.05, 4.69) is 21.2 Å². The molecule has 5 nitrogen and oxygen atoms in total. The van der Waals surface area contributed by atoms with Gasteiger partial charge in [0, 0.05) is 18.0 Å². The van der Waals surface area contributed by atoms with Gasteiger partial charge < -0.3 is 24.3 Å². The Morgan fingerprint density at radius 1 is 1.30 bits per heavy atom. The van der Waals surface area contributed by atoms with Crippen molar-refractivity contribution in [1.29, 1.82) is 0 Å². The van der Waals surface area contributed by atoms with Gasteiger partial charge in [0.2, 0.25) is 0 Å². The molecule has 1 aliphatic rings. The molecule has 0 amide bonds. The van der Waals surface area contributed by atoms with Gasteiger partial charge in [0.25, 0.3) is 0 Å². The van der Waals surface area contributed by atoms with Crippen molar-refractivity contribution < 1.29 is 18.9 Å². The summed E-state index contributed by atoms with van der Waals surface area (Å²) in [5.41, 5.74) is 1.04. The Morgan fingerprint density at radius 3 is 2.55 bits per heavy atom. The number of nitrogens with one attached hydrogen (secondary N) is 1. The lowest BCUT2D eigenvalue weighted by molar-refractivity contribution is -0.0527. The van der Waals surface area contributed by atoms with Crippen LogP contribution in [-0.2, 0) is 9.47 Å². The molecule has 112 valence electrons. The van der Waals surface area contributed by atoms with Gasteiger partial charge in [-0.25, -0.2) is 0 Å². The minimum Gasteiger partial charge on any atom is -0.495 e. The number of rotatable bonds is 6. The van der Waals surface area contributed by atoms with E-state index in [1.165, 1.54) is 0 Å². The van der Waals surface area contributed by atoms with Crippen LogP contribution in [0.5, 0.6) is 11.5 Å². The molecule has 0 bridgehead atoms. The van der Waals surface area contributed by atoms with Gasteiger partial charge in [0.1, 0.15) is 16.0 Å². The Bertz CT molecular complexity index is 449. The summed E-state index contributed by atoms with van der Waals surface area (Å²) < 4.78 is 22.7. The highest BCUT2D eigenvalue weighted by atomic mass is 79.9. The van der Waals surface area contributed by atoms with Crippen molar-refractivity contribution in [2.45, 2.75) is 18.8 Å². The fourth-order valence-corrected chi connectivity index (χ4v) is 3.01. The minimum atomic E-state index is -0.168. The first-order chi connectivity index (χ1) is 9.71. The SMILES string of the molecule is CNC(CC1OCCO1)c1ccc(OC)c(Br)c1OC. The van der Waals surface area contributed by atoms with Gasteiger partial charge in [-0.05, 0) is 35.1 Å². The summed E-state index contributed by atoms with van der Waals surface area (Å²) in [5.74, 6) is 1.51. The first-order valence-electron chi connectivity index (χ1n) is 6.52. The molecular weight excluding hydrogens is 326 g/mol. The zero-order chi connectivity index (χ0) is 14.5. The largest absolute Gasteiger partial charge is 0.495 e. The number of methoxy groups -OCH3 is 2. The molecular formula is C14H20BrNO4. The van der Waals surface area contributed by atoms with Gasteiger partial charge >= 0.3 is 0 Å². The molecule has 1 heterocycles. The molecule has 6 heteroatoms. The van der Waals surface area contributed by atoms with Crippen LogP contribution < -0.4 is 14.8 Å². The molecule has 1 aromatic carbocycles. The van der Waals surface area contributed by atoms with Gasteiger partial charge in [-0.2, -0.15) is 0 Å². The summed E-state index contributed by atoms with van der Waals surface area (Å²) >= 11 is 3.52. The van der Waals surface area contributed by atoms with Crippen molar-refractivity contribution in [1.82, 2.24) is 5.32 Å². The highest BCUT2D eigenvalue weighted by Crippen LogP contribution is 2.40. The summed E-state index contributed by atoms with van der Waals surface area (Å²) in [6.45, 7) is 1.31. The van der Waals surface area contributed by atoms with E-state index >= 15 is 0 Å². The molecule has 0 saturated carbocycles. The Morgan fingerprint density at radius 2 is 2.00 bits per heavy atom. The lowest BCUT2D eigenvalue weighted by atomic mass is 10.0. The molecule has 20 heavy (non-hydrogen) atoms. The molecule has 0 aromatic heterocycles. The third kappa shape index (κ3) is 3.25. The zero-order valence-electron chi connectivity index (χ0n) is 11.9. The fraction of sp³-hybridized carbons (Fsp3) is 0.571. The lowest BCUT2D eigenvalue weighted by Crippen LogP contribution is -2.23. The summed E-state index contributed by atoms with van der Waals surface area (Å²) in [6.07, 6.45) is 0.559. The number of benzene rings is 1. The Labute approximate surface area is 127 Å². The summed E-state index contributed by atoms with van der Waals surface area (Å²) in [7, 11) is 5.20. The second-order valence-corrected chi connectivity index (χ2v) is 5.25. The van der Waals surface area contributed by atoms with E-state index in [4.69, 9.17) is 18.9 Å². The van der Waals surface area contributed by atoms with E-state index < -0.39 is 0 Å². The van der Waals surface area contributed by atoms with E-state index in [1.807, 2.05) is 19.2 Å². The highest BCUT2D eigenvalue weighted by molar-refractivity contribution is 9.10. The van der Waals surface area contributed by atoms with E-state index in [0.717, 1.165) is 28.0 Å². The van der Waals surface area contributed by atoms with Crippen molar-refractivity contribution in [3.8, 4) is 11.5 Å². The maximum atomic E-state index is 5.52. The molecule has 1 atom stereocenters. The van der Waals surface area contributed by atoms with Gasteiger partial charge in [-0.1, -0.05) is 0 Å². The van der Waals surface area contributed by atoms with Crippen molar-refractivity contribution in [3.63, 3.8) is 0 Å². The third-order valence-electron chi connectivity index (χ3n) is 3.36. The van der Waals surface area contributed by atoms with Gasteiger partial charge in [0.15, 0.2) is 6.29 Å². The highest BCUT2D eigenvalue weighted by Gasteiger charge is 2.25. The van der Waals surface area contributed by atoms with Crippen LogP contribution in [0.1, 0.15) is 18.0 Å². The summed E-state index contributed by atoms with van der Waals surface area (Å²) in [4.78, 5) is 0. The van der Waals surface area contributed by atoms with Crippen LogP contribution in [0.4, 0.5) is 0 Å². The summed E-state index contributed by atoms with van der Waals surface area (Å²) in [5, 5.41) is 3.28. The molecule has 2 rings (SSSR count). The van der Waals surface area contributed by atoms with Crippen LogP contribution in [-0.4, -0.2) is 40.8 Å². The van der Waals surface area contributed by atoms with Crippen molar-refractivity contribution in [3.05, 3.63) is 22.2 Å². The normalized spacial score (nSPS) is 17.2. The summed E-state index contributed by atoms with van der Waals surface area (Å²) in [6, 6.07) is 4.00. The predicted molar refractivity (Wildman–Crippen MR) is 79.4 cm³/mol. The molecule has 1 N–H and O–H groups in total. The van der Waals surface area contributed by atoms with E-state index in [9.17, 15) is 0 Å². The standard InChI is InChI=1S/C14H20BrNO4/c1-16-10(8-12-19-6-7-20-12)9-4-5-11(17-2)13(15)14(9)18-3/h4-5,10,12,16H,6-8H2,1-3H3. The van der Waals surface area contributed by atoms with Crippen LogP contribution in [0.25, 0.3) is 0 Å². The fourth-order valence-electron chi connectivity index (χ4n) is 2.33. The Kier molecular flexibility index (Phi) is 5.65. The van der Waals surface area contributed by atoms with Gasteiger partial charge in [-0.15, -0.1) is 0 Å². The van der Waals surface area contributed by atoms with Crippen LogP contribution in [0.2, 0.25) is 0 Å². The van der Waals surface area contributed by atoms with Crippen LogP contribution in [0.15, 0.2) is 16.6 Å². The molecule has 1 saturated heterocycles. The number of ether oxygens (including phenoxy) is 4. The molecule has 0 spiro atoms. The quantitative estimate of drug-likeness (QED) is 0.858. The van der Waals surface area contributed by atoms with Crippen LogP contribution in [0.3, 0.4) is 0 Å². The predicted octanol–water partition coefficient (Wildman–Crippen LogP) is 2.49. The van der Waals surface area contributed by atoms with E-state index in [0.29, 0.717) is 13.2 Å². The van der Waals surface area contributed by atoms with Crippen molar-refractivity contribution >= 4 is 15.9 Å². The lowest BCUT2D eigenvalue weighted by Gasteiger charge is -2.23.